The maximum absolute atomic E-state index is 13.3. The Hall–Kier alpha value is -2.80. The van der Waals surface area contributed by atoms with Crippen molar-refractivity contribution in [3.63, 3.8) is 0 Å². The fourth-order valence-electron chi connectivity index (χ4n) is 8.17. The molecule has 16 nitrogen and oxygen atoms in total. The minimum atomic E-state index is -1.49. The van der Waals surface area contributed by atoms with Crippen molar-refractivity contribution < 1.29 is 72.4 Å². The molecular formula is C42H69NO15. The normalized spacial score (nSPS) is 40.7. The van der Waals surface area contributed by atoms with Crippen LogP contribution in [0.25, 0.3) is 0 Å². The summed E-state index contributed by atoms with van der Waals surface area (Å²) in [6.07, 6.45) is -3.94. The molecule has 0 aromatic rings. The van der Waals surface area contributed by atoms with Crippen molar-refractivity contribution in [1.82, 2.24) is 4.90 Å². The summed E-state index contributed by atoms with van der Waals surface area (Å²) in [5, 5.41) is 34.0. The van der Waals surface area contributed by atoms with E-state index in [1.54, 1.807) is 64.9 Å². The van der Waals surface area contributed by atoms with Crippen LogP contribution >= 0.6 is 0 Å². The molecular weight excluding hydrogens is 758 g/mol. The summed E-state index contributed by atoms with van der Waals surface area (Å²) in [5.74, 6) is -2.50. The van der Waals surface area contributed by atoms with Crippen LogP contribution in [-0.2, 0) is 57.1 Å². The van der Waals surface area contributed by atoms with Crippen molar-refractivity contribution in [1.29, 1.82) is 0 Å². The lowest BCUT2D eigenvalue weighted by Crippen LogP contribution is -2.66. The Morgan fingerprint density at radius 2 is 1.66 bits per heavy atom. The summed E-state index contributed by atoms with van der Waals surface area (Å²) in [6.45, 7) is 13.6. The molecule has 0 aliphatic carbocycles. The third kappa shape index (κ3) is 14.4. The van der Waals surface area contributed by atoms with Crippen LogP contribution in [0, 0.1) is 17.8 Å². The summed E-state index contributed by atoms with van der Waals surface area (Å²) in [5.41, 5.74) is -1.49. The molecule has 58 heavy (non-hydrogen) atoms. The van der Waals surface area contributed by atoms with Crippen LogP contribution in [0.5, 0.6) is 0 Å². The second-order valence-electron chi connectivity index (χ2n) is 17.0. The average Bonchev–Trinajstić information content (AvgIpc) is 3.08. The van der Waals surface area contributed by atoms with Crippen molar-refractivity contribution in [2.24, 2.45) is 17.8 Å². The Balaban J connectivity index is 1.97. The monoisotopic (exact) mass is 827 g/mol. The van der Waals surface area contributed by atoms with Gasteiger partial charge in [0.2, 0.25) is 0 Å². The van der Waals surface area contributed by atoms with Gasteiger partial charge in [-0.05, 0) is 66.0 Å². The van der Waals surface area contributed by atoms with E-state index in [0.717, 1.165) is 6.29 Å². The smallest absolute Gasteiger partial charge is 0.309 e. The predicted molar refractivity (Wildman–Crippen MR) is 210 cm³/mol. The molecule has 3 rings (SSSR count). The van der Waals surface area contributed by atoms with Gasteiger partial charge in [-0.25, -0.2) is 0 Å². The number of methoxy groups -OCH3 is 1. The van der Waals surface area contributed by atoms with Gasteiger partial charge in [0.05, 0.1) is 36.9 Å². The first-order valence-electron chi connectivity index (χ1n) is 20.4. The van der Waals surface area contributed by atoms with Gasteiger partial charge in [0, 0.05) is 39.7 Å². The lowest BCUT2D eigenvalue weighted by atomic mass is 9.84. The van der Waals surface area contributed by atoms with E-state index in [-0.39, 0.29) is 37.5 Å². The second-order valence-corrected chi connectivity index (χ2v) is 17.0. The number of rotatable bonds is 12. The highest BCUT2D eigenvalue weighted by Gasteiger charge is 2.53. The van der Waals surface area contributed by atoms with Crippen LogP contribution in [0.2, 0.25) is 0 Å². The molecule has 2 saturated heterocycles. The van der Waals surface area contributed by atoms with Gasteiger partial charge in [-0.3, -0.25) is 14.4 Å². The fraction of sp³-hybridized carbons (Fsp3) is 0.810. The molecule has 0 aromatic carbocycles. The van der Waals surface area contributed by atoms with E-state index in [9.17, 15) is 34.5 Å². The molecule has 332 valence electrons. The predicted octanol–water partition coefficient (Wildman–Crippen LogP) is 3.01. The molecule has 3 aliphatic heterocycles. The van der Waals surface area contributed by atoms with Crippen LogP contribution in [0.4, 0.5) is 0 Å². The Morgan fingerprint density at radius 1 is 0.983 bits per heavy atom. The first-order valence-corrected chi connectivity index (χ1v) is 20.4. The van der Waals surface area contributed by atoms with Gasteiger partial charge in [0.1, 0.15) is 42.4 Å². The zero-order valence-corrected chi connectivity index (χ0v) is 36.1. The van der Waals surface area contributed by atoms with Gasteiger partial charge in [-0.1, -0.05) is 45.1 Å². The van der Waals surface area contributed by atoms with Gasteiger partial charge in [0.15, 0.2) is 18.7 Å². The molecule has 0 saturated carbocycles. The third-order valence-electron chi connectivity index (χ3n) is 10.8. The summed E-state index contributed by atoms with van der Waals surface area (Å²) < 4.78 is 48.6. The Labute approximate surface area is 343 Å². The molecule has 16 atom stereocenters. The lowest BCUT2D eigenvalue weighted by molar-refractivity contribution is -0.344. The SMILES string of the molecule is CO[C@@H]1[C@@H](O[C@@H]2O[C@H](C)[C@@H](O[C@H]3C[C@@](C)(O)[C@@H](OC(=O)CC(C)C)[C@H](C)O3)[C@H](N(C)C)[C@H]2O)[C@@H](CC=O)C[C@@H](C)/C=C\C=C\[C@H](O)C[C@@H](C)OC(=O)C[C@H]1OC(C)=O. The quantitative estimate of drug-likeness (QED) is 0.147. The maximum Gasteiger partial charge on any atom is 0.309 e. The fourth-order valence-corrected chi connectivity index (χ4v) is 8.17. The standard InChI is InChI=1S/C42H69NO15/c1-23(2)18-32(47)56-40-27(6)53-34(22-42(40,8)50)57-37-26(5)54-41(36(49)35(37)43(9)10)58-38-29(16-17-44)19-24(3)14-12-13-15-30(46)20-25(4)52-33(48)21-31(39(38)51-11)55-28(7)45/h12-15,17,23-27,29-31,34-41,46,49-50H,16,18-22H2,1-11H3/b14-12-,15-13+/t24-,25+,26+,27-,29-,30-,31+,34-,35+,36+,37+,38-,39-,40-,41-,42+/m0/s1. The number of carbonyl (C=O) groups is 4. The van der Waals surface area contributed by atoms with E-state index < -0.39 is 116 Å². The van der Waals surface area contributed by atoms with Crippen molar-refractivity contribution in [2.75, 3.05) is 21.2 Å². The molecule has 16 heteroatoms. The number of cyclic esters (lactones) is 1. The Kier molecular flexibility index (Phi) is 19.4. The van der Waals surface area contributed by atoms with Crippen molar-refractivity contribution in [2.45, 2.75) is 179 Å². The number of nitrogens with zero attached hydrogens (tertiary/aromatic N) is 1. The van der Waals surface area contributed by atoms with E-state index >= 15 is 0 Å². The molecule has 0 amide bonds. The minimum absolute atomic E-state index is 0.0162. The zero-order chi connectivity index (χ0) is 43.5. The first-order chi connectivity index (χ1) is 27.2. The molecule has 0 spiro atoms. The molecule has 0 radical (unpaired) electrons. The highest BCUT2D eigenvalue weighted by atomic mass is 16.7. The summed E-state index contributed by atoms with van der Waals surface area (Å²) >= 11 is 0. The summed E-state index contributed by atoms with van der Waals surface area (Å²) in [4.78, 5) is 52.3. The van der Waals surface area contributed by atoms with Gasteiger partial charge < -0.3 is 62.9 Å². The van der Waals surface area contributed by atoms with Crippen LogP contribution in [0.3, 0.4) is 0 Å². The molecule has 0 bridgehead atoms. The minimum Gasteiger partial charge on any atom is -0.462 e. The number of likely N-dealkylation sites (N-methyl/N-ethyl adjacent to an activating group) is 1. The summed E-state index contributed by atoms with van der Waals surface area (Å²) in [6, 6.07) is -0.763. The van der Waals surface area contributed by atoms with Gasteiger partial charge in [0.25, 0.3) is 0 Å². The molecule has 3 aliphatic rings. The maximum atomic E-state index is 13.3. The second kappa shape index (κ2) is 22.7. The van der Waals surface area contributed by atoms with E-state index in [4.69, 9.17) is 37.9 Å². The first kappa shape index (κ1) is 49.6. The molecule has 2 fully saturated rings. The van der Waals surface area contributed by atoms with Crippen molar-refractivity contribution in [3.05, 3.63) is 24.3 Å². The van der Waals surface area contributed by atoms with Gasteiger partial charge >= 0.3 is 17.9 Å². The summed E-state index contributed by atoms with van der Waals surface area (Å²) in [7, 11) is 4.89. The lowest BCUT2D eigenvalue weighted by Gasteiger charge is -2.50. The molecule has 0 aromatic heterocycles. The molecule has 3 heterocycles. The number of aldehydes is 1. The van der Waals surface area contributed by atoms with Gasteiger partial charge in [-0.15, -0.1) is 0 Å². The van der Waals surface area contributed by atoms with Crippen molar-refractivity contribution >= 4 is 24.2 Å². The van der Waals surface area contributed by atoms with E-state index in [1.807, 2.05) is 26.8 Å². The van der Waals surface area contributed by atoms with Gasteiger partial charge in [-0.2, -0.15) is 0 Å². The number of aliphatic hydroxyl groups is 3. The molecule has 0 unspecified atom stereocenters. The Morgan fingerprint density at radius 3 is 2.24 bits per heavy atom. The Bertz CT molecular complexity index is 1390. The number of ether oxygens (including phenoxy) is 8. The van der Waals surface area contributed by atoms with Crippen molar-refractivity contribution in [3.8, 4) is 0 Å². The number of allylic oxidation sites excluding steroid dienone is 3. The highest BCUT2D eigenvalue weighted by molar-refractivity contribution is 5.72. The van der Waals surface area contributed by atoms with Crippen LogP contribution in [0.15, 0.2) is 24.3 Å². The number of esters is 3. The topological polar surface area (TPSA) is 206 Å². The third-order valence-corrected chi connectivity index (χ3v) is 10.8. The van der Waals surface area contributed by atoms with Crippen LogP contribution in [-0.4, -0.2) is 151 Å². The number of hydrogen-bond acceptors (Lipinski definition) is 16. The van der Waals surface area contributed by atoms with Crippen LogP contribution in [0.1, 0.15) is 93.9 Å². The number of aliphatic hydroxyl groups excluding tert-OH is 2. The van der Waals surface area contributed by atoms with E-state index in [1.165, 1.54) is 14.0 Å². The van der Waals surface area contributed by atoms with E-state index in [2.05, 4.69) is 0 Å². The largest absolute Gasteiger partial charge is 0.462 e. The number of hydrogen-bond donors (Lipinski definition) is 3. The van der Waals surface area contributed by atoms with E-state index in [0.29, 0.717) is 6.42 Å². The van der Waals surface area contributed by atoms with Crippen LogP contribution < -0.4 is 0 Å². The molecule has 3 N–H and O–H groups in total. The number of carbonyl (C=O) groups excluding carboxylic acids is 4. The highest BCUT2D eigenvalue weighted by Crippen LogP contribution is 2.37. The average molecular weight is 828 g/mol. The zero-order valence-electron chi connectivity index (χ0n) is 36.1.